The first-order chi connectivity index (χ1) is 11.8. The molecule has 2 heterocycles. The van der Waals surface area contributed by atoms with Gasteiger partial charge in [0.25, 0.3) is 0 Å². The van der Waals surface area contributed by atoms with E-state index in [-0.39, 0.29) is 0 Å². The lowest BCUT2D eigenvalue weighted by Gasteiger charge is -2.02. The molecule has 0 amide bonds. The van der Waals surface area contributed by atoms with E-state index >= 15 is 0 Å². The van der Waals surface area contributed by atoms with Gasteiger partial charge in [0, 0.05) is 33.6 Å². The van der Waals surface area contributed by atoms with E-state index in [1.807, 2.05) is 42.5 Å². The number of halogens is 1. The molecule has 2 aromatic heterocycles. The lowest BCUT2D eigenvalue weighted by atomic mass is 10.1. The lowest BCUT2D eigenvalue weighted by molar-refractivity contribution is 1.30. The van der Waals surface area contributed by atoms with Gasteiger partial charge >= 0.3 is 0 Å². The molecule has 0 bridgehead atoms. The van der Waals surface area contributed by atoms with Crippen LogP contribution in [-0.4, -0.2) is 15.0 Å². The molecule has 0 aliphatic heterocycles. The van der Waals surface area contributed by atoms with E-state index in [1.54, 1.807) is 12.4 Å². The van der Waals surface area contributed by atoms with Gasteiger partial charge in [-0.1, -0.05) is 58.4 Å². The maximum absolute atomic E-state index is 4.87. The monoisotopic (exact) mass is 375 g/mol. The summed E-state index contributed by atoms with van der Waals surface area (Å²) in [5.41, 5.74) is 5.14. The van der Waals surface area contributed by atoms with Crippen molar-refractivity contribution in [3.05, 3.63) is 83.6 Å². The van der Waals surface area contributed by atoms with Crippen LogP contribution in [0.2, 0.25) is 0 Å². The number of hydrogen-bond donors (Lipinski definition) is 1. The molecule has 116 valence electrons. The van der Waals surface area contributed by atoms with Crippen LogP contribution in [0.5, 0.6) is 0 Å². The smallest absolute Gasteiger partial charge is 0.138 e. The maximum Gasteiger partial charge on any atom is 0.138 e. The fraction of sp³-hybridized carbons (Fsp3) is 0. The number of imidazole rings is 1. The van der Waals surface area contributed by atoms with E-state index in [0.29, 0.717) is 0 Å². The molecule has 0 saturated heterocycles. The van der Waals surface area contributed by atoms with E-state index < -0.39 is 0 Å². The summed E-state index contributed by atoms with van der Waals surface area (Å²) in [6.45, 7) is 0. The number of rotatable bonds is 3. The normalized spacial score (nSPS) is 10.7. The summed E-state index contributed by atoms with van der Waals surface area (Å²) in [6.07, 6.45) is 3.59. The first-order valence-electron chi connectivity index (χ1n) is 7.63. The molecule has 3 nitrogen and oxygen atoms in total. The van der Waals surface area contributed by atoms with Crippen LogP contribution in [0.15, 0.2) is 83.6 Å². The predicted octanol–water partition coefficient (Wildman–Crippen LogP) is 5.57. The Bertz CT molecular complexity index is 906. The highest BCUT2D eigenvalue weighted by molar-refractivity contribution is 9.10. The molecular formula is C20H14BrN3. The highest BCUT2D eigenvalue weighted by Crippen LogP contribution is 2.33. The molecule has 4 aromatic rings. The third kappa shape index (κ3) is 2.88. The second-order valence-corrected chi connectivity index (χ2v) is 6.34. The average molecular weight is 376 g/mol. The summed E-state index contributed by atoms with van der Waals surface area (Å²) in [5.74, 6) is 0.849. The minimum absolute atomic E-state index is 0.849. The molecule has 24 heavy (non-hydrogen) atoms. The molecule has 4 rings (SSSR count). The van der Waals surface area contributed by atoms with Crippen molar-refractivity contribution in [1.29, 1.82) is 0 Å². The molecule has 0 unspecified atom stereocenters. The van der Waals surface area contributed by atoms with E-state index in [1.165, 1.54) is 0 Å². The van der Waals surface area contributed by atoms with Crippen LogP contribution in [0.25, 0.3) is 33.9 Å². The molecule has 1 N–H and O–H groups in total. The van der Waals surface area contributed by atoms with Crippen LogP contribution in [-0.2, 0) is 0 Å². The van der Waals surface area contributed by atoms with Crippen molar-refractivity contribution in [3.8, 4) is 33.9 Å². The van der Waals surface area contributed by atoms with Crippen molar-refractivity contribution in [2.45, 2.75) is 0 Å². The Labute approximate surface area is 148 Å². The van der Waals surface area contributed by atoms with Crippen LogP contribution >= 0.6 is 15.9 Å². The van der Waals surface area contributed by atoms with Crippen molar-refractivity contribution in [3.63, 3.8) is 0 Å². The summed E-state index contributed by atoms with van der Waals surface area (Å²) >= 11 is 3.52. The lowest BCUT2D eigenvalue weighted by Crippen LogP contribution is -1.83. The second kappa shape index (κ2) is 6.42. The molecule has 0 aliphatic carbocycles. The van der Waals surface area contributed by atoms with Crippen molar-refractivity contribution in [1.82, 2.24) is 15.0 Å². The fourth-order valence-electron chi connectivity index (χ4n) is 2.68. The Morgan fingerprint density at radius 2 is 1.50 bits per heavy atom. The van der Waals surface area contributed by atoms with Crippen LogP contribution < -0.4 is 0 Å². The van der Waals surface area contributed by atoms with Crippen molar-refractivity contribution < 1.29 is 0 Å². The third-order valence-electron chi connectivity index (χ3n) is 3.82. The number of aromatic amines is 1. The van der Waals surface area contributed by atoms with Gasteiger partial charge in [0.2, 0.25) is 0 Å². The summed E-state index contributed by atoms with van der Waals surface area (Å²) in [7, 11) is 0. The van der Waals surface area contributed by atoms with Gasteiger partial charge in [-0.15, -0.1) is 0 Å². The molecule has 4 heteroatoms. The number of hydrogen-bond acceptors (Lipinski definition) is 2. The average Bonchev–Trinajstić information content (AvgIpc) is 3.09. The van der Waals surface area contributed by atoms with Gasteiger partial charge in [-0.05, 0) is 24.3 Å². The molecule has 2 aromatic carbocycles. The second-order valence-electron chi connectivity index (χ2n) is 5.42. The standard InChI is InChI=1S/C20H14BrN3/c21-17-8-4-7-16(13-17)20-23-18(14-5-2-1-3-6-14)19(24-20)15-9-11-22-12-10-15/h1-13H,(H,23,24). The molecule has 0 fully saturated rings. The largest absolute Gasteiger partial charge is 0.337 e. The fourth-order valence-corrected chi connectivity index (χ4v) is 3.08. The number of benzene rings is 2. The van der Waals surface area contributed by atoms with E-state index in [4.69, 9.17) is 4.98 Å². The van der Waals surface area contributed by atoms with E-state index in [9.17, 15) is 0 Å². The number of H-pyrrole nitrogens is 1. The first kappa shape index (κ1) is 14.8. The molecule has 0 spiro atoms. The zero-order chi connectivity index (χ0) is 16.4. The molecule has 0 saturated carbocycles. The number of nitrogens with zero attached hydrogens (tertiary/aromatic N) is 2. The zero-order valence-electron chi connectivity index (χ0n) is 12.8. The van der Waals surface area contributed by atoms with Gasteiger partial charge in [0.05, 0.1) is 11.4 Å². The van der Waals surface area contributed by atoms with Gasteiger partial charge in [-0.25, -0.2) is 4.98 Å². The summed E-state index contributed by atoms with van der Waals surface area (Å²) in [5, 5.41) is 0. The quantitative estimate of drug-likeness (QED) is 0.508. The third-order valence-corrected chi connectivity index (χ3v) is 4.31. The first-order valence-corrected chi connectivity index (χ1v) is 8.42. The van der Waals surface area contributed by atoms with E-state index in [2.05, 4.69) is 50.2 Å². The summed E-state index contributed by atoms with van der Waals surface area (Å²) in [4.78, 5) is 12.5. The summed E-state index contributed by atoms with van der Waals surface area (Å²) in [6, 6.07) is 22.3. The summed E-state index contributed by atoms with van der Waals surface area (Å²) < 4.78 is 1.03. The zero-order valence-corrected chi connectivity index (χ0v) is 14.4. The van der Waals surface area contributed by atoms with Crippen molar-refractivity contribution >= 4 is 15.9 Å². The number of pyridine rings is 1. The van der Waals surface area contributed by atoms with Crippen molar-refractivity contribution in [2.75, 3.05) is 0 Å². The highest BCUT2D eigenvalue weighted by atomic mass is 79.9. The predicted molar refractivity (Wildman–Crippen MR) is 100 cm³/mol. The molecular weight excluding hydrogens is 362 g/mol. The van der Waals surface area contributed by atoms with Gasteiger partial charge in [0.1, 0.15) is 5.82 Å². The van der Waals surface area contributed by atoms with Gasteiger partial charge in [0.15, 0.2) is 0 Å². The maximum atomic E-state index is 4.87. The van der Waals surface area contributed by atoms with Crippen LogP contribution in [0.1, 0.15) is 0 Å². The molecule has 0 radical (unpaired) electrons. The minimum atomic E-state index is 0.849. The van der Waals surface area contributed by atoms with Crippen LogP contribution in [0.4, 0.5) is 0 Å². The Hall–Kier alpha value is -2.72. The number of aromatic nitrogens is 3. The topological polar surface area (TPSA) is 41.6 Å². The van der Waals surface area contributed by atoms with Gasteiger partial charge < -0.3 is 4.98 Å². The van der Waals surface area contributed by atoms with Crippen LogP contribution in [0.3, 0.4) is 0 Å². The van der Waals surface area contributed by atoms with Gasteiger partial charge in [-0.3, -0.25) is 4.98 Å². The van der Waals surface area contributed by atoms with Crippen LogP contribution in [0, 0.1) is 0 Å². The minimum Gasteiger partial charge on any atom is -0.337 e. The molecule has 0 atom stereocenters. The Morgan fingerprint density at radius 3 is 2.25 bits per heavy atom. The molecule has 0 aliphatic rings. The SMILES string of the molecule is Brc1cccc(-c2nc(-c3ccccc3)c(-c3ccncc3)[nH]2)c1. The highest BCUT2D eigenvalue weighted by Gasteiger charge is 2.15. The van der Waals surface area contributed by atoms with Crippen molar-refractivity contribution in [2.24, 2.45) is 0 Å². The van der Waals surface area contributed by atoms with E-state index in [0.717, 1.165) is 38.4 Å². The van der Waals surface area contributed by atoms with Gasteiger partial charge in [-0.2, -0.15) is 0 Å². The number of nitrogens with one attached hydrogen (secondary N) is 1. The Kier molecular flexibility index (Phi) is 3.97. The Balaban J connectivity index is 1.91. The Morgan fingerprint density at radius 1 is 0.750 bits per heavy atom.